The lowest BCUT2D eigenvalue weighted by Gasteiger charge is -2.09. The number of halogens is 2. The fraction of sp³-hybridized carbons (Fsp3) is 0. The third kappa shape index (κ3) is 3.62. The minimum Gasteiger partial charge on any atom is -0.524 e. The quantitative estimate of drug-likeness (QED) is 0.849. The second kappa shape index (κ2) is 5.95. The van der Waals surface area contributed by atoms with E-state index in [-0.39, 0.29) is 23.0 Å². The Labute approximate surface area is 120 Å². The van der Waals surface area contributed by atoms with Gasteiger partial charge < -0.3 is 19.5 Å². The summed E-state index contributed by atoms with van der Waals surface area (Å²) in [7, 11) is 0.978. The highest BCUT2D eigenvalue weighted by atomic mass is 35.5. The van der Waals surface area contributed by atoms with Crippen LogP contribution in [0.3, 0.4) is 0 Å². The number of rotatable bonds is 4. The molecule has 0 fully saturated rings. The number of phenols is 2. The summed E-state index contributed by atoms with van der Waals surface area (Å²) in [5.74, 6) is 0.121. The first-order valence-corrected chi connectivity index (χ1v) is 5.94. The molecule has 0 aliphatic heterocycles. The van der Waals surface area contributed by atoms with Crippen molar-refractivity contribution in [3.63, 3.8) is 0 Å². The Morgan fingerprint density at radius 3 is 1.58 bits per heavy atom. The Morgan fingerprint density at radius 2 is 1.21 bits per heavy atom. The van der Waals surface area contributed by atoms with Crippen molar-refractivity contribution < 1.29 is 19.5 Å². The predicted molar refractivity (Wildman–Crippen MR) is 73.2 cm³/mol. The van der Waals surface area contributed by atoms with E-state index in [2.05, 4.69) is 0 Å². The van der Waals surface area contributed by atoms with Crippen LogP contribution < -0.4 is 9.31 Å². The van der Waals surface area contributed by atoms with E-state index in [1.54, 1.807) is 12.1 Å². The van der Waals surface area contributed by atoms with Crippen LogP contribution in [0.25, 0.3) is 0 Å². The first-order chi connectivity index (χ1) is 9.06. The Kier molecular flexibility index (Phi) is 4.29. The van der Waals surface area contributed by atoms with Gasteiger partial charge in [0.05, 0.1) is 0 Å². The van der Waals surface area contributed by atoms with E-state index in [4.69, 9.17) is 32.5 Å². The molecule has 0 aliphatic carbocycles. The maximum absolute atomic E-state index is 9.53. The van der Waals surface area contributed by atoms with Crippen molar-refractivity contribution in [3.8, 4) is 23.0 Å². The molecule has 2 aromatic rings. The molecular weight excluding hydrogens is 290 g/mol. The van der Waals surface area contributed by atoms with E-state index in [1.807, 2.05) is 0 Å². The van der Waals surface area contributed by atoms with Gasteiger partial charge in [-0.15, -0.1) is 0 Å². The molecule has 0 atom stereocenters. The van der Waals surface area contributed by atoms with E-state index >= 15 is 0 Å². The standard InChI is InChI=1S/C12H8BCl2O4/c14-7-1-3-11(9(16)5-7)18-13-19-12-4-2-8(15)6-10(12)17/h1-6,16-17H. The molecule has 0 aliphatic rings. The van der Waals surface area contributed by atoms with Gasteiger partial charge in [-0.05, 0) is 24.3 Å². The van der Waals surface area contributed by atoms with E-state index in [0.29, 0.717) is 10.0 Å². The van der Waals surface area contributed by atoms with Crippen LogP contribution in [-0.2, 0) is 0 Å². The lowest BCUT2D eigenvalue weighted by molar-refractivity contribution is 0.397. The molecule has 2 N–H and O–H groups in total. The van der Waals surface area contributed by atoms with Crippen molar-refractivity contribution in [2.24, 2.45) is 0 Å². The summed E-state index contributed by atoms with van der Waals surface area (Å²) in [5, 5.41) is 19.8. The van der Waals surface area contributed by atoms with Gasteiger partial charge in [-0.1, -0.05) is 23.2 Å². The SMILES string of the molecule is Oc1cc(Cl)ccc1O[B]Oc1ccc(Cl)cc1O. The highest BCUT2D eigenvalue weighted by molar-refractivity contribution is 6.31. The van der Waals surface area contributed by atoms with Crippen molar-refractivity contribution in [1.82, 2.24) is 0 Å². The zero-order chi connectivity index (χ0) is 13.8. The maximum Gasteiger partial charge on any atom is 0.658 e. The van der Waals surface area contributed by atoms with Gasteiger partial charge in [-0.2, -0.15) is 0 Å². The van der Waals surface area contributed by atoms with Crippen LogP contribution >= 0.6 is 23.2 Å². The van der Waals surface area contributed by atoms with Crippen molar-refractivity contribution in [2.45, 2.75) is 0 Å². The van der Waals surface area contributed by atoms with Crippen LogP contribution in [0.1, 0.15) is 0 Å². The van der Waals surface area contributed by atoms with Crippen LogP contribution in [0.4, 0.5) is 0 Å². The molecule has 0 amide bonds. The van der Waals surface area contributed by atoms with E-state index < -0.39 is 0 Å². The number of hydrogen-bond acceptors (Lipinski definition) is 4. The summed E-state index contributed by atoms with van der Waals surface area (Å²) in [5.41, 5.74) is 0. The average Bonchev–Trinajstić information content (AvgIpc) is 2.34. The van der Waals surface area contributed by atoms with Gasteiger partial charge in [0.2, 0.25) is 0 Å². The molecule has 97 valence electrons. The first-order valence-electron chi connectivity index (χ1n) is 5.18. The van der Waals surface area contributed by atoms with E-state index in [1.165, 1.54) is 24.3 Å². The Hall–Kier alpha value is -1.72. The highest BCUT2D eigenvalue weighted by Gasteiger charge is 2.09. The highest BCUT2D eigenvalue weighted by Crippen LogP contribution is 2.30. The van der Waals surface area contributed by atoms with Gasteiger partial charge in [-0.3, -0.25) is 0 Å². The van der Waals surface area contributed by atoms with Crippen LogP contribution in [0.5, 0.6) is 23.0 Å². The summed E-state index contributed by atoms with van der Waals surface area (Å²) in [6.07, 6.45) is 0. The largest absolute Gasteiger partial charge is 0.658 e. The normalized spacial score (nSPS) is 10.0. The predicted octanol–water partition coefficient (Wildman–Crippen LogP) is 3.40. The smallest absolute Gasteiger partial charge is 0.524 e. The van der Waals surface area contributed by atoms with Gasteiger partial charge in [0, 0.05) is 22.2 Å². The molecule has 0 unspecified atom stereocenters. The molecule has 0 aromatic heterocycles. The fourth-order valence-corrected chi connectivity index (χ4v) is 1.64. The van der Waals surface area contributed by atoms with Crippen molar-refractivity contribution >= 4 is 30.9 Å². The third-order valence-electron chi connectivity index (χ3n) is 2.19. The van der Waals surface area contributed by atoms with Gasteiger partial charge in [0.15, 0.2) is 11.5 Å². The molecule has 0 saturated heterocycles. The van der Waals surface area contributed by atoms with Gasteiger partial charge in [0.25, 0.3) is 0 Å². The van der Waals surface area contributed by atoms with Crippen molar-refractivity contribution in [3.05, 3.63) is 46.4 Å². The monoisotopic (exact) mass is 297 g/mol. The average molecular weight is 298 g/mol. The maximum atomic E-state index is 9.53. The zero-order valence-electron chi connectivity index (χ0n) is 9.51. The van der Waals surface area contributed by atoms with Gasteiger partial charge in [-0.25, -0.2) is 0 Å². The Morgan fingerprint density at radius 1 is 0.789 bits per heavy atom. The molecule has 7 heteroatoms. The summed E-state index contributed by atoms with van der Waals surface area (Å²) in [4.78, 5) is 0. The second-order valence-electron chi connectivity index (χ2n) is 3.56. The topological polar surface area (TPSA) is 58.9 Å². The van der Waals surface area contributed by atoms with Crippen LogP contribution in [0.15, 0.2) is 36.4 Å². The van der Waals surface area contributed by atoms with Gasteiger partial charge >= 0.3 is 7.69 Å². The summed E-state index contributed by atoms with van der Waals surface area (Å²) >= 11 is 11.4. The molecule has 0 bridgehead atoms. The zero-order valence-corrected chi connectivity index (χ0v) is 11.0. The summed E-state index contributed by atoms with van der Waals surface area (Å²) in [6.45, 7) is 0. The van der Waals surface area contributed by atoms with Crippen LogP contribution in [0, 0.1) is 0 Å². The lowest BCUT2D eigenvalue weighted by Crippen LogP contribution is -2.11. The molecule has 19 heavy (non-hydrogen) atoms. The summed E-state index contributed by atoms with van der Waals surface area (Å²) in [6, 6.07) is 8.77. The van der Waals surface area contributed by atoms with E-state index in [0.717, 1.165) is 7.69 Å². The summed E-state index contributed by atoms with van der Waals surface area (Å²) < 4.78 is 10.2. The number of aromatic hydroxyl groups is 2. The number of phenolic OH excluding ortho intramolecular Hbond substituents is 2. The van der Waals surface area contributed by atoms with Gasteiger partial charge in [0.1, 0.15) is 11.5 Å². The molecular formula is C12H8BCl2O4. The number of hydrogen-bond donors (Lipinski definition) is 2. The Balaban J connectivity index is 1.96. The van der Waals surface area contributed by atoms with Crippen molar-refractivity contribution in [2.75, 3.05) is 0 Å². The minimum atomic E-state index is -0.118. The second-order valence-corrected chi connectivity index (χ2v) is 4.43. The Bertz CT molecular complexity index is 540. The number of benzene rings is 2. The minimum absolute atomic E-state index is 0.118. The molecule has 0 heterocycles. The van der Waals surface area contributed by atoms with Crippen LogP contribution in [-0.4, -0.2) is 17.9 Å². The molecule has 0 saturated carbocycles. The molecule has 4 nitrogen and oxygen atoms in total. The molecule has 0 spiro atoms. The van der Waals surface area contributed by atoms with Crippen LogP contribution in [0.2, 0.25) is 10.0 Å². The lowest BCUT2D eigenvalue weighted by atomic mass is 10.2. The third-order valence-corrected chi connectivity index (χ3v) is 2.66. The van der Waals surface area contributed by atoms with Crippen molar-refractivity contribution in [1.29, 1.82) is 0 Å². The fourth-order valence-electron chi connectivity index (χ4n) is 1.31. The molecule has 2 rings (SSSR count). The van der Waals surface area contributed by atoms with E-state index in [9.17, 15) is 10.2 Å². The molecule has 1 radical (unpaired) electrons. The first kappa shape index (κ1) is 13.7. The molecule has 2 aromatic carbocycles.